The summed E-state index contributed by atoms with van der Waals surface area (Å²) < 4.78 is 27.2. The van der Waals surface area contributed by atoms with Gasteiger partial charge in [0.15, 0.2) is 0 Å². The number of nitrogens with zero attached hydrogens (tertiary/aromatic N) is 1. The quantitative estimate of drug-likeness (QED) is 0.618. The summed E-state index contributed by atoms with van der Waals surface area (Å²) in [4.78, 5) is 15.9. The van der Waals surface area contributed by atoms with E-state index in [-0.39, 0.29) is 29.7 Å². The minimum Gasteiger partial charge on any atom is -0.508 e. The van der Waals surface area contributed by atoms with Crippen molar-refractivity contribution in [2.24, 2.45) is 23.2 Å². The van der Waals surface area contributed by atoms with Crippen LogP contribution in [0.1, 0.15) is 42.4 Å². The van der Waals surface area contributed by atoms with E-state index in [1.807, 2.05) is 12.1 Å². The van der Waals surface area contributed by atoms with Crippen LogP contribution in [0.5, 0.6) is 5.75 Å². The number of rotatable bonds is 5. The highest BCUT2D eigenvalue weighted by Gasteiger charge is 2.98. The fraction of sp³-hybridized carbons (Fsp3) is 0.536. The van der Waals surface area contributed by atoms with Crippen molar-refractivity contribution in [3.8, 4) is 5.75 Å². The van der Waals surface area contributed by atoms with Crippen molar-refractivity contribution in [1.82, 2.24) is 10.2 Å². The van der Waals surface area contributed by atoms with Crippen molar-refractivity contribution in [3.05, 3.63) is 64.7 Å². The summed E-state index contributed by atoms with van der Waals surface area (Å²) in [6.45, 7) is 1.08. The van der Waals surface area contributed by atoms with Crippen molar-refractivity contribution in [2.45, 2.75) is 61.7 Å². The highest BCUT2D eigenvalue weighted by atomic mass is 19.1. The van der Waals surface area contributed by atoms with E-state index in [1.165, 1.54) is 30.5 Å². The van der Waals surface area contributed by atoms with Crippen LogP contribution in [0.4, 0.5) is 8.78 Å². The van der Waals surface area contributed by atoms with Crippen LogP contribution in [0.2, 0.25) is 0 Å². The van der Waals surface area contributed by atoms with Crippen molar-refractivity contribution >= 4 is 5.91 Å². The van der Waals surface area contributed by atoms with Gasteiger partial charge in [-0.1, -0.05) is 6.07 Å². The van der Waals surface area contributed by atoms with E-state index >= 15 is 0 Å². The lowest BCUT2D eigenvalue weighted by molar-refractivity contribution is -0.151. The standard InChI is InChI=1S/C28H28F2N2O3/c29-18-5-15(6-19(30)7-18)12-31-24(34)17-10-27-21-8-20(33)4-3-16(21)9-26-22(27)23(26)32(13-14-1-2-14)25(26)28(27,35)11-17/h3-8,14,17,22-23,25,33,35H,1-2,9-13H2,(H,31,34)/t17-,22?,23?,25+,26?,27+,28+/m0/s1. The number of aliphatic hydroxyl groups is 1. The fourth-order valence-corrected chi connectivity index (χ4v) is 9.39. The number of carbonyl (C=O) groups is 1. The number of piperidine rings is 1. The monoisotopic (exact) mass is 478 g/mol. The third-order valence-electron chi connectivity index (χ3n) is 10.4. The zero-order valence-electron chi connectivity index (χ0n) is 19.3. The maximum Gasteiger partial charge on any atom is 0.223 e. The smallest absolute Gasteiger partial charge is 0.223 e. The van der Waals surface area contributed by atoms with E-state index in [2.05, 4.69) is 10.2 Å². The molecule has 7 heteroatoms. The van der Waals surface area contributed by atoms with Gasteiger partial charge in [-0.25, -0.2) is 8.78 Å². The van der Waals surface area contributed by atoms with Crippen molar-refractivity contribution in [2.75, 3.05) is 6.54 Å². The molecule has 7 atom stereocenters. The maximum absolute atomic E-state index is 13.6. The van der Waals surface area contributed by atoms with Crippen LogP contribution < -0.4 is 5.32 Å². The first kappa shape index (κ1) is 20.7. The van der Waals surface area contributed by atoms with Gasteiger partial charge in [-0.2, -0.15) is 0 Å². The van der Waals surface area contributed by atoms with E-state index in [1.54, 1.807) is 6.07 Å². The van der Waals surface area contributed by atoms with E-state index < -0.39 is 28.6 Å². The molecule has 0 aromatic heterocycles. The number of halogens is 2. The van der Waals surface area contributed by atoms with Gasteiger partial charge in [-0.15, -0.1) is 0 Å². The molecule has 6 aliphatic rings. The summed E-state index contributed by atoms with van der Waals surface area (Å²) in [7, 11) is 0. The molecule has 2 aromatic carbocycles. The second-order valence-corrected chi connectivity index (χ2v) is 12.1. The Morgan fingerprint density at radius 2 is 1.89 bits per heavy atom. The number of amides is 1. The lowest BCUT2D eigenvalue weighted by Crippen LogP contribution is -2.70. The number of hydrogen-bond donors (Lipinski definition) is 3. The van der Waals surface area contributed by atoms with E-state index in [9.17, 15) is 23.8 Å². The first-order valence-corrected chi connectivity index (χ1v) is 12.8. The Hall–Kier alpha value is -2.51. The van der Waals surface area contributed by atoms with Crippen molar-refractivity contribution < 1.29 is 23.8 Å². The van der Waals surface area contributed by atoms with Crippen molar-refractivity contribution in [1.29, 1.82) is 0 Å². The first-order chi connectivity index (χ1) is 16.8. The number of benzene rings is 2. The molecule has 5 nitrogen and oxygen atoms in total. The molecule has 5 aliphatic carbocycles. The van der Waals surface area contributed by atoms with E-state index in [4.69, 9.17) is 0 Å². The predicted octanol–water partition coefficient (Wildman–Crippen LogP) is 3.01. The van der Waals surface area contributed by atoms with Crippen LogP contribution in [-0.2, 0) is 23.2 Å². The Balaban J connectivity index is 1.13. The molecular formula is C28H28F2N2O3. The molecule has 2 aromatic rings. The van der Waals surface area contributed by atoms with Crippen LogP contribution >= 0.6 is 0 Å². The maximum atomic E-state index is 13.6. The molecule has 1 heterocycles. The zero-order valence-corrected chi connectivity index (χ0v) is 19.3. The highest BCUT2D eigenvalue weighted by molar-refractivity contribution is 5.81. The van der Waals surface area contributed by atoms with Gasteiger partial charge in [0.1, 0.15) is 17.4 Å². The highest BCUT2D eigenvalue weighted by Crippen LogP contribution is 2.89. The van der Waals surface area contributed by atoms with Crippen molar-refractivity contribution in [3.63, 3.8) is 0 Å². The molecular weight excluding hydrogens is 450 g/mol. The fourth-order valence-electron chi connectivity index (χ4n) is 9.39. The molecule has 1 amide bonds. The van der Waals surface area contributed by atoms with E-state index in [0.29, 0.717) is 30.4 Å². The third-order valence-corrected chi connectivity index (χ3v) is 10.4. The number of hydrogen-bond acceptors (Lipinski definition) is 4. The number of likely N-dealkylation sites (tertiary alicyclic amines) is 1. The van der Waals surface area contributed by atoms with Gasteiger partial charge in [0.2, 0.25) is 5.91 Å². The van der Waals surface area contributed by atoms with Gasteiger partial charge in [0, 0.05) is 48.0 Å². The predicted molar refractivity (Wildman–Crippen MR) is 122 cm³/mol. The minimum atomic E-state index is -1.02. The second-order valence-electron chi connectivity index (χ2n) is 12.1. The van der Waals surface area contributed by atoms with E-state index in [0.717, 1.165) is 30.5 Å². The average Bonchev–Trinajstić information content (AvgIpc) is 3.66. The Morgan fingerprint density at radius 3 is 2.63 bits per heavy atom. The molecule has 182 valence electrons. The number of phenols is 1. The summed E-state index contributed by atoms with van der Waals surface area (Å²) in [5.74, 6) is -0.676. The molecule has 4 saturated carbocycles. The number of fused-ring (bicyclic) bond motifs is 2. The molecule has 3 N–H and O–H groups in total. The molecule has 0 radical (unpaired) electrons. The molecule has 8 rings (SSSR count). The summed E-state index contributed by atoms with van der Waals surface area (Å²) in [6.07, 6.45) is 4.38. The summed E-state index contributed by atoms with van der Waals surface area (Å²) in [5, 5.41) is 25.7. The van der Waals surface area contributed by atoms with Gasteiger partial charge >= 0.3 is 0 Å². The Kier molecular flexibility index (Phi) is 3.68. The number of carbonyl (C=O) groups excluding carboxylic acids is 1. The third kappa shape index (κ3) is 2.33. The SMILES string of the molecule is O=C(NCc1cc(F)cc(F)c1)[C@@H]1C[C@@]2(O)[C@@H]3N(CC4CC4)C4C5C43Cc3ccc(O)cc3[C@]52C1. The van der Waals surface area contributed by atoms with Crippen LogP contribution in [-0.4, -0.2) is 45.2 Å². The molecule has 3 unspecified atom stereocenters. The molecule has 2 bridgehead atoms. The first-order valence-electron chi connectivity index (χ1n) is 12.8. The second kappa shape index (κ2) is 6.24. The van der Waals surface area contributed by atoms with Gasteiger partial charge in [-0.3, -0.25) is 9.69 Å². The number of phenolic OH excluding ortho intramolecular Hbond substituents is 1. The van der Waals surface area contributed by atoms with Gasteiger partial charge in [-0.05, 0) is 84.9 Å². The topological polar surface area (TPSA) is 72.8 Å². The Morgan fingerprint density at radius 1 is 1.11 bits per heavy atom. The van der Waals surface area contributed by atoms with Crippen LogP contribution in [0, 0.1) is 34.8 Å². The molecule has 1 aliphatic heterocycles. The normalized spacial score (nSPS) is 41.6. The lowest BCUT2D eigenvalue weighted by atomic mass is 9.63. The van der Waals surface area contributed by atoms with Gasteiger partial charge in [0.25, 0.3) is 0 Å². The number of nitrogens with one attached hydrogen (secondary N) is 1. The van der Waals surface area contributed by atoms with Gasteiger partial charge in [0.05, 0.1) is 5.60 Å². The summed E-state index contributed by atoms with van der Waals surface area (Å²) in [5.41, 5.74) is 1.16. The Bertz CT molecular complexity index is 1290. The van der Waals surface area contributed by atoms with Crippen LogP contribution in [0.3, 0.4) is 0 Å². The molecule has 1 saturated heterocycles. The lowest BCUT2D eigenvalue weighted by Gasteiger charge is -2.56. The minimum absolute atomic E-state index is 0.0417. The zero-order chi connectivity index (χ0) is 23.9. The Labute approximate surface area is 202 Å². The molecule has 2 spiro atoms. The number of aromatic hydroxyl groups is 1. The van der Waals surface area contributed by atoms with Crippen LogP contribution in [0.25, 0.3) is 0 Å². The molecule has 5 fully saturated rings. The van der Waals surface area contributed by atoms with Gasteiger partial charge < -0.3 is 15.5 Å². The summed E-state index contributed by atoms with van der Waals surface area (Å²) >= 11 is 0. The average molecular weight is 479 g/mol. The van der Waals surface area contributed by atoms with Crippen LogP contribution in [0.15, 0.2) is 36.4 Å². The molecule has 35 heavy (non-hydrogen) atoms. The summed E-state index contributed by atoms with van der Waals surface area (Å²) in [6, 6.07) is 9.34. The largest absolute Gasteiger partial charge is 0.508 e.